The van der Waals surface area contributed by atoms with Crippen LogP contribution in [0.3, 0.4) is 0 Å². The molecule has 3 aliphatic heterocycles. The summed E-state index contributed by atoms with van der Waals surface area (Å²) in [4.78, 5) is 27.2. The molecule has 1 saturated heterocycles. The molecule has 0 aromatic heterocycles. The van der Waals surface area contributed by atoms with Crippen molar-refractivity contribution in [3.63, 3.8) is 0 Å². The molecule has 1 fully saturated rings. The summed E-state index contributed by atoms with van der Waals surface area (Å²) in [6.07, 6.45) is 8.75. The Morgan fingerprint density at radius 3 is 2.71 bits per heavy atom. The second kappa shape index (κ2) is 10.1. The Balaban J connectivity index is 1.53. The molecule has 1 unspecified atom stereocenters. The highest BCUT2D eigenvalue weighted by Gasteiger charge is 2.45. The van der Waals surface area contributed by atoms with Crippen LogP contribution in [0.4, 0.5) is 0 Å². The van der Waals surface area contributed by atoms with Crippen molar-refractivity contribution >= 4 is 11.8 Å². The fraction of sp³-hybridized carbons (Fsp3) is 0.571. The van der Waals surface area contributed by atoms with Gasteiger partial charge in [0.05, 0.1) is 18.2 Å². The van der Waals surface area contributed by atoms with Gasteiger partial charge in [-0.1, -0.05) is 23.3 Å². The molecule has 2 amide bonds. The van der Waals surface area contributed by atoms with Gasteiger partial charge in [0, 0.05) is 24.1 Å². The topological polar surface area (TPSA) is 99.1 Å². The monoisotopic (exact) mass is 482 g/mol. The van der Waals surface area contributed by atoms with Crippen LogP contribution in [0.15, 0.2) is 29.4 Å². The zero-order chi connectivity index (χ0) is 25.3. The number of nitrogens with zero attached hydrogens (tertiary/aromatic N) is 1. The van der Waals surface area contributed by atoms with Gasteiger partial charge in [-0.05, 0) is 72.3 Å². The van der Waals surface area contributed by atoms with Gasteiger partial charge in [-0.2, -0.15) is 0 Å². The second-order valence-corrected chi connectivity index (χ2v) is 10.7. The third kappa shape index (κ3) is 5.10. The largest absolute Gasteiger partial charge is 0.508 e. The fourth-order valence-electron chi connectivity index (χ4n) is 5.33. The molecular formula is C28H38N2O5. The number of fused-ring (bicyclic) bond motifs is 3. The molecule has 190 valence electrons. The van der Waals surface area contributed by atoms with E-state index in [0.29, 0.717) is 41.8 Å². The lowest BCUT2D eigenvalue weighted by Gasteiger charge is -2.41. The number of aliphatic hydroxyl groups excluding tert-OH is 1. The van der Waals surface area contributed by atoms with Gasteiger partial charge in [0.15, 0.2) is 0 Å². The van der Waals surface area contributed by atoms with Crippen LogP contribution in [-0.4, -0.2) is 51.2 Å². The number of carbonyl (C=O) groups is 2. The summed E-state index contributed by atoms with van der Waals surface area (Å²) in [7, 11) is 0. The van der Waals surface area contributed by atoms with Crippen molar-refractivity contribution in [2.75, 3.05) is 6.54 Å². The number of amides is 2. The van der Waals surface area contributed by atoms with Crippen molar-refractivity contribution in [3.05, 3.63) is 46.1 Å². The molecule has 7 nitrogen and oxygen atoms in total. The second-order valence-electron chi connectivity index (χ2n) is 10.7. The molecule has 3 aliphatic rings. The zero-order valence-electron chi connectivity index (χ0n) is 21.3. The molecule has 3 N–H and O–H groups in total. The molecule has 3 atom stereocenters. The number of aliphatic hydroxyl groups is 1. The van der Waals surface area contributed by atoms with E-state index in [1.165, 1.54) is 17.2 Å². The maximum atomic E-state index is 13.2. The predicted molar refractivity (Wildman–Crippen MR) is 134 cm³/mol. The summed E-state index contributed by atoms with van der Waals surface area (Å²) in [5.41, 5.74) is 3.40. The van der Waals surface area contributed by atoms with Gasteiger partial charge >= 0.3 is 0 Å². The summed E-state index contributed by atoms with van der Waals surface area (Å²) >= 11 is 0. The first-order valence-corrected chi connectivity index (χ1v) is 12.7. The van der Waals surface area contributed by atoms with Gasteiger partial charge in [-0.3, -0.25) is 9.59 Å². The average Bonchev–Trinajstić information content (AvgIpc) is 3.11. The lowest BCUT2D eigenvalue weighted by Crippen LogP contribution is -2.50. The Kier molecular flexibility index (Phi) is 7.27. The summed E-state index contributed by atoms with van der Waals surface area (Å²) < 4.78 is 6.43. The normalized spacial score (nSPS) is 26.1. The van der Waals surface area contributed by atoms with E-state index in [1.807, 2.05) is 6.92 Å². The number of piperidine rings is 1. The molecule has 35 heavy (non-hydrogen) atoms. The Morgan fingerprint density at radius 2 is 2.00 bits per heavy atom. The van der Waals surface area contributed by atoms with Gasteiger partial charge in [-0.25, -0.2) is 0 Å². The lowest BCUT2D eigenvalue weighted by atomic mass is 9.84. The first kappa shape index (κ1) is 25.3. The Labute approximate surface area is 207 Å². The maximum Gasteiger partial charge on any atom is 0.255 e. The van der Waals surface area contributed by atoms with Crippen LogP contribution in [-0.2, 0) is 17.8 Å². The highest BCUT2D eigenvalue weighted by atomic mass is 16.5. The molecule has 0 spiro atoms. The van der Waals surface area contributed by atoms with Gasteiger partial charge in [0.1, 0.15) is 23.1 Å². The highest BCUT2D eigenvalue weighted by molar-refractivity contribution is 6.02. The molecule has 1 aromatic carbocycles. The highest BCUT2D eigenvalue weighted by Crippen LogP contribution is 2.46. The quantitative estimate of drug-likeness (QED) is 0.507. The fourth-order valence-corrected chi connectivity index (χ4v) is 5.33. The van der Waals surface area contributed by atoms with Crippen LogP contribution in [0, 0.1) is 0 Å². The van der Waals surface area contributed by atoms with E-state index in [2.05, 4.69) is 38.2 Å². The molecule has 1 aromatic rings. The van der Waals surface area contributed by atoms with E-state index in [0.717, 1.165) is 25.7 Å². The molecule has 0 aliphatic carbocycles. The van der Waals surface area contributed by atoms with Crippen molar-refractivity contribution in [3.8, 4) is 11.5 Å². The van der Waals surface area contributed by atoms with Gasteiger partial charge in [0.2, 0.25) is 5.91 Å². The van der Waals surface area contributed by atoms with Gasteiger partial charge in [0.25, 0.3) is 5.91 Å². The van der Waals surface area contributed by atoms with Crippen LogP contribution in [0.2, 0.25) is 0 Å². The third-order valence-corrected chi connectivity index (χ3v) is 7.58. The minimum Gasteiger partial charge on any atom is -0.508 e. The number of aromatic hydroxyl groups is 1. The van der Waals surface area contributed by atoms with Crippen molar-refractivity contribution in [1.82, 2.24) is 10.2 Å². The molecule has 3 heterocycles. The van der Waals surface area contributed by atoms with Crippen LogP contribution in [0.1, 0.15) is 87.7 Å². The Morgan fingerprint density at radius 1 is 1.23 bits per heavy atom. The van der Waals surface area contributed by atoms with Crippen molar-refractivity contribution in [2.45, 2.75) is 96.9 Å². The van der Waals surface area contributed by atoms with E-state index in [-0.39, 0.29) is 30.5 Å². The van der Waals surface area contributed by atoms with Crippen molar-refractivity contribution in [1.29, 1.82) is 0 Å². The molecule has 0 bridgehead atoms. The smallest absolute Gasteiger partial charge is 0.255 e. The Bertz CT molecular complexity index is 1070. The number of nitrogens with one attached hydrogen (secondary N) is 1. The zero-order valence-corrected chi connectivity index (χ0v) is 21.3. The Hall–Kier alpha value is -2.80. The van der Waals surface area contributed by atoms with Gasteiger partial charge < -0.3 is 25.2 Å². The maximum absolute atomic E-state index is 13.2. The number of allylic oxidation sites excluding steroid dienone is 4. The van der Waals surface area contributed by atoms with Crippen LogP contribution < -0.4 is 10.1 Å². The molecule has 0 radical (unpaired) electrons. The minimum absolute atomic E-state index is 0.0434. The van der Waals surface area contributed by atoms with Crippen molar-refractivity contribution in [2.24, 2.45) is 0 Å². The number of ether oxygens (including phenoxy) is 1. The lowest BCUT2D eigenvalue weighted by molar-refractivity contribution is -0.127. The molecular weight excluding hydrogens is 444 g/mol. The number of rotatable bonds is 7. The van der Waals surface area contributed by atoms with E-state index in [1.54, 1.807) is 4.90 Å². The van der Waals surface area contributed by atoms with Crippen LogP contribution in [0.25, 0.3) is 0 Å². The van der Waals surface area contributed by atoms with E-state index >= 15 is 0 Å². The molecule has 4 rings (SSSR count). The summed E-state index contributed by atoms with van der Waals surface area (Å²) in [6.45, 7) is 9.12. The van der Waals surface area contributed by atoms with E-state index in [4.69, 9.17) is 4.74 Å². The first-order valence-electron chi connectivity index (χ1n) is 12.7. The third-order valence-electron chi connectivity index (χ3n) is 7.58. The van der Waals surface area contributed by atoms with Crippen LogP contribution >= 0.6 is 0 Å². The van der Waals surface area contributed by atoms with E-state index < -0.39 is 17.7 Å². The molecule has 7 heteroatoms. The predicted octanol–water partition coefficient (Wildman–Crippen LogP) is 4.15. The number of hydrogen-bond acceptors (Lipinski definition) is 5. The SMILES string of the molecule is CC(C)=CCC/C(C)=C/CC[C@@]1(C)Oc2c(c(O)cc3c2CN(C2CCCNC2=O)C3=O)C[C@H]1O. The number of carbonyl (C=O) groups excluding carboxylic acids is 2. The first-order chi connectivity index (χ1) is 16.6. The standard InChI is InChI=1S/C28H38N2O5/c1-17(2)8-5-9-18(3)10-6-12-28(4)24(32)15-20-23(31)14-19-21(25(20)35-28)16-30(27(19)34)22-11-7-13-29-26(22)33/h8,10,14,22,24,31-32H,5-7,9,11-13,15-16H2,1-4H3,(H,29,33)/b18-10+/t22?,24-,28-/m1/s1. The van der Waals surface area contributed by atoms with Crippen molar-refractivity contribution < 1.29 is 24.5 Å². The average molecular weight is 483 g/mol. The van der Waals surface area contributed by atoms with Gasteiger partial charge in [-0.15, -0.1) is 0 Å². The minimum atomic E-state index is -0.843. The summed E-state index contributed by atoms with van der Waals surface area (Å²) in [5.74, 6) is 0.0530. The summed E-state index contributed by atoms with van der Waals surface area (Å²) in [6, 6.07) is 0.954. The van der Waals surface area contributed by atoms with Crippen LogP contribution in [0.5, 0.6) is 11.5 Å². The summed E-state index contributed by atoms with van der Waals surface area (Å²) in [5, 5.41) is 24.5. The molecule has 0 saturated carbocycles. The number of hydrogen-bond donors (Lipinski definition) is 3. The van der Waals surface area contributed by atoms with E-state index in [9.17, 15) is 19.8 Å². The number of phenolic OH excluding ortho intramolecular Hbond substituents is 1. The number of phenols is 1. The number of benzene rings is 1.